The number of halogens is 1. The number of ether oxygens (including phenoxy) is 1. The number of nitrogens with zero attached hydrogens (tertiary/aromatic N) is 2. The standard InChI is InChI=1S/C20H21ClN2O5S/c1-14(20(25)23-12-11-15-5-3-4-6-18(15)23)28-19(24)13-22(2)29(26,27)17-9-7-16(21)8-10-17/h3-10,14H,11-13H2,1-2H3/t14-/m0/s1. The van der Waals surface area contributed by atoms with E-state index in [0.717, 1.165) is 22.0 Å². The van der Waals surface area contributed by atoms with E-state index in [1.54, 1.807) is 4.90 Å². The second-order valence-corrected chi connectivity index (χ2v) is 9.20. The zero-order valence-corrected chi connectivity index (χ0v) is 17.6. The molecule has 0 saturated carbocycles. The van der Waals surface area contributed by atoms with Gasteiger partial charge >= 0.3 is 5.97 Å². The molecule has 0 aromatic heterocycles. The van der Waals surface area contributed by atoms with E-state index in [0.29, 0.717) is 11.6 Å². The van der Waals surface area contributed by atoms with Crippen LogP contribution in [0.4, 0.5) is 5.69 Å². The van der Waals surface area contributed by atoms with Gasteiger partial charge in [-0.2, -0.15) is 4.31 Å². The van der Waals surface area contributed by atoms with Crippen LogP contribution in [0.15, 0.2) is 53.4 Å². The van der Waals surface area contributed by atoms with Crippen LogP contribution in [-0.2, 0) is 30.8 Å². The van der Waals surface area contributed by atoms with E-state index in [2.05, 4.69) is 0 Å². The Balaban J connectivity index is 1.61. The first-order valence-corrected chi connectivity index (χ1v) is 10.8. The first-order chi connectivity index (χ1) is 13.7. The number of carbonyl (C=O) groups is 2. The zero-order valence-electron chi connectivity index (χ0n) is 16.0. The Kier molecular flexibility index (Phi) is 6.26. The summed E-state index contributed by atoms with van der Waals surface area (Å²) in [7, 11) is -2.61. The van der Waals surface area contributed by atoms with Gasteiger partial charge in [-0.3, -0.25) is 9.59 Å². The lowest BCUT2D eigenvalue weighted by atomic mass is 10.2. The number of esters is 1. The highest BCUT2D eigenvalue weighted by atomic mass is 35.5. The van der Waals surface area contributed by atoms with Gasteiger partial charge in [0.15, 0.2) is 6.10 Å². The first kappa shape index (κ1) is 21.3. The predicted octanol–water partition coefficient (Wildman–Crippen LogP) is 2.48. The summed E-state index contributed by atoms with van der Waals surface area (Å²) >= 11 is 5.78. The number of anilines is 1. The fourth-order valence-corrected chi connectivity index (χ4v) is 4.37. The highest BCUT2D eigenvalue weighted by Crippen LogP contribution is 2.28. The summed E-state index contributed by atoms with van der Waals surface area (Å²) in [6.07, 6.45) is -0.287. The molecule has 1 aliphatic heterocycles. The van der Waals surface area contributed by atoms with Crippen molar-refractivity contribution in [2.75, 3.05) is 25.0 Å². The first-order valence-electron chi connectivity index (χ1n) is 9.01. The van der Waals surface area contributed by atoms with Crippen LogP contribution in [0.25, 0.3) is 0 Å². The molecule has 2 aromatic rings. The van der Waals surface area contributed by atoms with Crippen molar-refractivity contribution in [1.82, 2.24) is 4.31 Å². The average Bonchev–Trinajstić information content (AvgIpc) is 3.11. The Hall–Kier alpha value is -2.42. The summed E-state index contributed by atoms with van der Waals surface area (Å²) in [5, 5.41) is 0.404. The topological polar surface area (TPSA) is 84.0 Å². The smallest absolute Gasteiger partial charge is 0.322 e. The number of para-hydroxylation sites is 1. The molecule has 29 heavy (non-hydrogen) atoms. The van der Waals surface area contributed by atoms with Gasteiger partial charge < -0.3 is 9.64 Å². The third-order valence-corrected chi connectivity index (χ3v) is 6.75. The summed E-state index contributed by atoms with van der Waals surface area (Å²) in [4.78, 5) is 26.5. The van der Waals surface area contributed by atoms with Crippen molar-refractivity contribution in [1.29, 1.82) is 0 Å². The molecular weight excluding hydrogens is 416 g/mol. The number of hydrogen-bond donors (Lipinski definition) is 0. The van der Waals surface area contributed by atoms with Crippen LogP contribution in [0, 0.1) is 0 Å². The molecular formula is C20H21ClN2O5S. The molecule has 1 aliphatic rings. The summed E-state index contributed by atoms with van der Waals surface area (Å²) in [6, 6.07) is 13.2. The molecule has 9 heteroatoms. The van der Waals surface area contributed by atoms with E-state index in [-0.39, 0.29) is 10.8 Å². The minimum Gasteiger partial charge on any atom is -0.452 e. The molecule has 0 bridgehead atoms. The van der Waals surface area contributed by atoms with Crippen LogP contribution >= 0.6 is 11.6 Å². The van der Waals surface area contributed by atoms with Crippen LogP contribution in [0.2, 0.25) is 5.02 Å². The minimum atomic E-state index is -3.88. The van der Waals surface area contributed by atoms with Crippen molar-refractivity contribution in [3.05, 3.63) is 59.1 Å². The molecule has 0 saturated heterocycles. The van der Waals surface area contributed by atoms with Crippen LogP contribution in [0.1, 0.15) is 12.5 Å². The number of hydrogen-bond acceptors (Lipinski definition) is 5. The Bertz CT molecular complexity index is 1020. The minimum absolute atomic E-state index is 0.00926. The zero-order chi connectivity index (χ0) is 21.2. The molecule has 1 heterocycles. The van der Waals surface area contributed by atoms with E-state index >= 15 is 0 Å². The largest absolute Gasteiger partial charge is 0.452 e. The van der Waals surface area contributed by atoms with E-state index in [4.69, 9.17) is 16.3 Å². The molecule has 0 unspecified atom stereocenters. The van der Waals surface area contributed by atoms with Gasteiger partial charge in [-0.15, -0.1) is 0 Å². The van der Waals surface area contributed by atoms with Gasteiger partial charge in [0.25, 0.3) is 5.91 Å². The van der Waals surface area contributed by atoms with Crippen molar-refractivity contribution in [2.24, 2.45) is 0 Å². The number of carbonyl (C=O) groups excluding carboxylic acids is 2. The van der Waals surface area contributed by atoms with E-state index in [1.165, 1.54) is 38.2 Å². The number of likely N-dealkylation sites (N-methyl/N-ethyl adjacent to an activating group) is 1. The number of fused-ring (bicyclic) bond motifs is 1. The molecule has 0 fully saturated rings. The molecule has 0 aliphatic carbocycles. The fourth-order valence-electron chi connectivity index (χ4n) is 3.12. The lowest BCUT2D eigenvalue weighted by molar-refractivity contribution is -0.153. The Morgan fingerprint density at radius 3 is 2.52 bits per heavy atom. The molecule has 0 N–H and O–H groups in total. The highest BCUT2D eigenvalue weighted by Gasteiger charge is 2.31. The van der Waals surface area contributed by atoms with Gasteiger partial charge in [-0.1, -0.05) is 29.8 Å². The van der Waals surface area contributed by atoms with Crippen molar-refractivity contribution in [2.45, 2.75) is 24.3 Å². The summed E-state index contributed by atoms with van der Waals surface area (Å²) in [5.74, 6) is -1.15. The number of sulfonamides is 1. The van der Waals surface area contributed by atoms with Gasteiger partial charge in [0.05, 0.1) is 4.90 Å². The fraction of sp³-hybridized carbons (Fsp3) is 0.300. The molecule has 7 nitrogen and oxygen atoms in total. The summed E-state index contributed by atoms with van der Waals surface area (Å²) in [5.41, 5.74) is 1.87. The van der Waals surface area contributed by atoms with E-state index in [1.807, 2.05) is 24.3 Å². The Morgan fingerprint density at radius 1 is 1.17 bits per heavy atom. The molecule has 2 aromatic carbocycles. The van der Waals surface area contributed by atoms with Crippen molar-refractivity contribution in [3.8, 4) is 0 Å². The predicted molar refractivity (Wildman–Crippen MR) is 109 cm³/mol. The second kappa shape index (κ2) is 8.52. The maximum Gasteiger partial charge on any atom is 0.322 e. The van der Waals surface area contributed by atoms with Crippen LogP contribution in [0.3, 0.4) is 0 Å². The molecule has 1 atom stereocenters. The normalized spacial score (nSPS) is 14.6. The van der Waals surface area contributed by atoms with E-state index in [9.17, 15) is 18.0 Å². The van der Waals surface area contributed by atoms with Gasteiger partial charge in [0.1, 0.15) is 6.54 Å². The Morgan fingerprint density at radius 2 is 1.83 bits per heavy atom. The molecule has 154 valence electrons. The van der Waals surface area contributed by atoms with Crippen molar-refractivity contribution >= 4 is 39.2 Å². The number of amides is 1. The van der Waals surface area contributed by atoms with Crippen LogP contribution in [0.5, 0.6) is 0 Å². The van der Waals surface area contributed by atoms with Crippen molar-refractivity contribution in [3.63, 3.8) is 0 Å². The summed E-state index contributed by atoms with van der Waals surface area (Å²) < 4.78 is 31.2. The lowest BCUT2D eigenvalue weighted by Gasteiger charge is -2.23. The highest BCUT2D eigenvalue weighted by molar-refractivity contribution is 7.89. The van der Waals surface area contributed by atoms with Gasteiger partial charge in [0.2, 0.25) is 10.0 Å². The quantitative estimate of drug-likeness (QED) is 0.649. The second-order valence-electron chi connectivity index (χ2n) is 6.72. The average molecular weight is 437 g/mol. The molecule has 0 spiro atoms. The maximum absolute atomic E-state index is 12.7. The third kappa shape index (κ3) is 4.60. The third-order valence-electron chi connectivity index (χ3n) is 4.68. The number of rotatable bonds is 6. The van der Waals surface area contributed by atoms with Crippen molar-refractivity contribution < 1.29 is 22.7 Å². The molecule has 3 rings (SSSR count). The number of benzene rings is 2. The van der Waals surface area contributed by atoms with Gasteiger partial charge in [-0.25, -0.2) is 8.42 Å². The monoisotopic (exact) mass is 436 g/mol. The summed E-state index contributed by atoms with van der Waals surface area (Å²) in [6.45, 7) is 1.49. The van der Waals surface area contributed by atoms with Gasteiger partial charge in [0, 0.05) is 24.3 Å². The molecule has 1 amide bonds. The SMILES string of the molecule is C[C@H](OC(=O)CN(C)S(=O)(=O)c1ccc(Cl)cc1)C(=O)N1CCc2ccccc21. The Labute approximate surface area is 174 Å². The molecule has 0 radical (unpaired) electrons. The maximum atomic E-state index is 12.7. The van der Waals surface area contributed by atoms with Crippen LogP contribution in [-0.4, -0.2) is 50.8 Å². The van der Waals surface area contributed by atoms with Gasteiger partial charge in [-0.05, 0) is 49.2 Å². The lowest BCUT2D eigenvalue weighted by Crippen LogP contribution is -2.41. The van der Waals surface area contributed by atoms with E-state index < -0.39 is 28.6 Å². The van der Waals surface area contributed by atoms with Crippen LogP contribution < -0.4 is 4.90 Å².